The highest BCUT2D eigenvalue weighted by atomic mass is 16.5. The number of hydrogen-bond acceptors (Lipinski definition) is 4. The first-order chi connectivity index (χ1) is 9.71. The normalized spacial score (nSPS) is 11.9. The van der Waals surface area contributed by atoms with Crippen LogP contribution in [0.4, 0.5) is 0 Å². The summed E-state index contributed by atoms with van der Waals surface area (Å²) in [5, 5.41) is 3.12. The molecule has 0 saturated heterocycles. The Kier molecular flexibility index (Phi) is 7.73. The van der Waals surface area contributed by atoms with Gasteiger partial charge in [-0.1, -0.05) is 26.0 Å². The standard InChI is InChI=1S/C16H25NO3/c1-4-13-7-9-14(10-8-13)20-12-11-15(17-5-2)16(18)19-6-3/h7-10,15,17H,4-6,11-12H2,1-3H3. The monoisotopic (exact) mass is 279 g/mol. The molecule has 112 valence electrons. The van der Waals surface area contributed by atoms with Crippen molar-refractivity contribution in [1.29, 1.82) is 0 Å². The van der Waals surface area contributed by atoms with Crippen LogP contribution in [0.5, 0.6) is 5.75 Å². The Hall–Kier alpha value is -1.55. The molecule has 0 aliphatic heterocycles. The molecule has 1 N–H and O–H groups in total. The predicted molar refractivity (Wildman–Crippen MR) is 80.0 cm³/mol. The zero-order valence-corrected chi connectivity index (χ0v) is 12.6. The number of likely N-dealkylation sites (N-methyl/N-ethyl adjacent to an activating group) is 1. The van der Waals surface area contributed by atoms with E-state index in [4.69, 9.17) is 9.47 Å². The molecule has 4 nitrogen and oxygen atoms in total. The van der Waals surface area contributed by atoms with Gasteiger partial charge in [-0.15, -0.1) is 0 Å². The van der Waals surface area contributed by atoms with Gasteiger partial charge in [0.15, 0.2) is 0 Å². The van der Waals surface area contributed by atoms with E-state index in [0.717, 1.165) is 18.7 Å². The molecule has 0 radical (unpaired) electrons. The van der Waals surface area contributed by atoms with Gasteiger partial charge in [-0.2, -0.15) is 0 Å². The second-order valence-electron chi connectivity index (χ2n) is 4.50. The van der Waals surface area contributed by atoms with E-state index in [1.165, 1.54) is 5.56 Å². The largest absolute Gasteiger partial charge is 0.494 e. The number of aryl methyl sites for hydroxylation is 1. The Morgan fingerprint density at radius 3 is 2.45 bits per heavy atom. The molecule has 0 bridgehead atoms. The highest BCUT2D eigenvalue weighted by molar-refractivity contribution is 5.75. The molecule has 0 fully saturated rings. The maximum Gasteiger partial charge on any atom is 0.323 e. The van der Waals surface area contributed by atoms with E-state index in [1.54, 1.807) is 0 Å². The number of benzene rings is 1. The van der Waals surface area contributed by atoms with E-state index in [1.807, 2.05) is 26.0 Å². The van der Waals surface area contributed by atoms with Crippen molar-refractivity contribution in [3.05, 3.63) is 29.8 Å². The van der Waals surface area contributed by atoms with Gasteiger partial charge in [0.25, 0.3) is 0 Å². The third-order valence-corrected chi connectivity index (χ3v) is 3.03. The SMILES string of the molecule is CCNC(CCOc1ccc(CC)cc1)C(=O)OCC. The van der Waals surface area contributed by atoms with Crippen molar-refractivity contribution in [2.24, 2.45) is 0 Å². The van der Waals surface area contributed by atoms with Crippen LogP contribution in [0.1, 0.15) is 32.8 Å². The third kappa shape index (κ3) is 5.61. The predicted octanol–water partition coefficient (Wildman–Crippen LogP) is 2.56. The van der Waals surface area contributed by atoms with E-state index in [2.05, 4.69) is 24.4 Å². The summed E-state index contributed by atoms with van der Waals surface area (Å²) in [6, 6.07) is 7.75. The van der Waals surface area contributed by atoms with Crippen LogP contribution in [0.2, 0.25) is 0 Å². The lowest BCUT2D eigenvalue weighted by Crippen LogP contribution is -2.39. The molecule has 1 rings (SSSR count). The van der Waals surface area contributed by atoms with Crippen molar-refractivity contribution in [2.75, 3.05) is 19.8 Å². The lowest BCUT2D eigenvalue weighted by atomic mass is 10.2. The summed E-state index contributed by atoms with van der Waals surface area (Å²) < 4.78 is 10.7. The molecule has 0 amide bonds. The van der Waals surface area contributed by atoms with Gasteiger partial charge in [0.05, 0.1) is 13.2 Å². The topological polar surface area (TPSA) is 47.6 Å². The first-order valence-electron chi connectivity index (χ1n) is 7.33. The molecule has 0 spiro atoms. The fourth-order valence-electron chi connectivity index (χ4n) is 1.91. The van der Waals surface area contributed by atoms with Gasteiger partial charge in [0.1, 0.15) is 11.8 Å². The number of carbonyl (C=O) groups is 1. The first-order valence-corrected chi connectivity index (χ1v) is 7.33. The number of esters is 1. The fraction of sp³-hybridized carbons (Fsp3) is 0.562. The maximum atomic E-state index is 11.7. The summed E-state index contributed by atoms with van der Waals surface area (Å²) in [4.78, 5) is 11.7. The number of nitrogens with one attached hydrogen (secondary N) is 1. The zero-order valence-electron chi connectivity index (χ0n) is 12.6. The number of hydrogen-bond donors (Lipinski definition) is 1. The zero-order chi connectivity index (χ0) is 14.8. The summed E-state index contributed by atoms with van der Waals surface area (Å²) in [6.45, 7) is 7.52. The highest BCUT2D eigenvalue weighted by Gasteiger charge is 2.18. The van der Waals surface area contributed by atoms with Gasteiger partial charge in [0.2, 0.25) is 0 Å². The van der Waals surface area contributed by atoms with E-state index < -0.39 is 0 Å². The summed E-state index contributed by atoms with van der Waals surface area (Å²) >= 11 is 0. The number of ether oxygens (including phenoxy) is 2. The molecule has 4 heteroatoms. The Morgan fingerprint density at radius 1 is 1.20 bits per heavy atom. The molecule has 0 aliphatic rings. The average molecular weight is 279 g/mol. The maximum absolute atomic E-state index is 11.7. The van der Waals surface area contributed by atoms with Crippen LogP contribution >= 0.6 is 0 Å². The van der Waals surface area contributed by atoms with Crippen molar-refractivity contribution in [2.45, 2.75) is 39.7 Å². The quantitative estimate of drug-likeness (QED) is 0.706. The Bertz CT molecular complexity index is 389. The van der Waals surface area contributed by atoms with Gasteiger partial charge in [-0.3, -0.25) is 4.79 Å². The summed E-state index contributed by atoms with van der Waals surface area (Å²) in [5.41, 5.74) is 1.29. The average Bonchev–Trinajstić information content (AvgIpc) is 2.47. The van der Waals surface area contributed by atoms with E-state index in [0.29, 0.717) is 19.6 Å². The van der Waals surface area contributed by atoms with Crippen LogP contribution in [0.15, 0.2) is 24.3 Å². The molecule has 0 heterocycles. The number of carbonyl (C=O) groups excluding carboxylic acids is 1. The van der Waals surface area contributed by atoms with Crippen molar-refractivity contribution in [3.63, 3.8) is 0 Å². The Balaban J connectivity index is 2.40. The molecule has 20 heavy (non-hydrogen) atoms. The van der Waals surface area contributed by atoms with Gasteiger partial charge in [-0.05, 0) is 37.6 Å². The minimum absolute atomic E-state index is 0.209. The molecule has 1 aromatic carbocycles. The van der Waals surface area contributed by atoms with Crippen molar-refractivity contribution in [3.8, 4) is 5.75 Å². The smallest absolute Gasteiger partial charge is 0.323 e. The molecular formula is C16H25NO3. The lowest BCUT2D eigenvalue weighted by Gasteiger charge is -2.16. The second kappa shape index (κ2) is 9.37. The molecule has 0 aromatic heterocycles. The van der Waals surface area contributed by atoms with Gasteiger partial charge < -0.3 is 14.8 Å². The molecule has 0 aliphatic carbocycles. The van der Waals surface area contributed by atoms with E-state index >= 15 is 0 Å². The van der Waals surface area contributed by atoms with Crippen LogP contribution < -0.4 is 10.1 Å². The molecule has 0 saturated carbocycles. The van der Waals surface area contributed by atoms with Crippen LogP contribution in [-0.4, -0.2) is 31.8 Å². The van der Waals surface area contributed by atoms with Crippen LogP contribution in [-0.2, 0) is 16.0 Å². The Morgan fingerprint density at radius 2 is 1.90 bits per heavy atom. The molecule has 1 aromatic rings. The fourth-order valence-corrected chi connectivity index (χ4v) is 1.91. The van der Waals surface area contributed by atoms with Crippen molar-refractivity contribution in [1.82, 2.24) is 5.32 Å². The Labute approximate surface area is 121 Å². The van der Waals surface area contributed by atoms with Crippen LogP contribution in [0.25, 0.3) is 0 Å². The lowest BCUT2D eigenvalue weighted by molar-refractivity contribution is -0.146. The summed E-state index contributed by atoms with van der Waals surface area (Å²) in [6.07, 6.45) is 1.62. The van der Waals surface area contributed by atoms with Gasteiger partial charge >= 0.3 is 5.97 Å². The molecular weight excluding hydrogens is 254 g/mol. The summed E-state index contributed by atoms with van der Waals surface area (Å²) in [5.74, 6) is 0.626. The van der Waals surface area contributed by atoms with Crippen LogP contribution in [0, 0.1) is 0 Å². The third-order valence-electron chi connectivity index (χ3n) is 3.03. The van der Waals surface area contributed by atoms with Gasteiger partial charge in [-0.25, -0.2) is 0 Å². The van der Waals surface area contributed by atoms with E-state index in [-0.39, 0.29) is 12.0 Å². The molecule has 1 unspecified atom stereocenters. The first kappa shape index (κ1) is 16.5. The van der Waals surface area contributed by atoms with E-state index in [9.17, 15) is 4.79 Å². The minimum atomic E-state index is -0.296. The second-order valence-corrected chi connectivity index (χ2v) is 4.50. The minimum Gasteiger partial charge on any atom is -0.494 e. The van der Waals surface area contributed by atoms with Gasteiger partial charge in [0, 0.05) is 6.42 Å². The molecule has 1 atom stereocenters. The number of rotatable bonds is 9. The van der Waals surface area contributed by atoms with Crippen molar-refractivity contribution < 1.29 is 14.3 Å². The summed E-state index contributed by atoms with van der Waals surface area (Å²) in [7, 11) is 0. The van der Waals surface area contributed by atoms with Crippen molar-refractivity contribution >= 4 is 5.97 Å². The van der Waals surface area contributed by atoms with Crippen LogP contribution in [0.3, 0.4) is 0 Å². The highest BCUT2D eigenvalue weighted by Crippen LogP contribution is 2.13.